The maximum absolute atomic E-state index is 12.9. The molecule has 0 aromatic rings. The van der Waals surface area contributed by atoms with Crippen molar-refractivity contribution in [3.8, 4) is 0 Å². The fourth-order valence-corrected chi connectivity index (χ4v) is 9.32. The minimum atomic E-state index is -0.764. The number of carbonyl (C=O) groups is 3. The fraction of sp³-hybridized carbons (Fsp3) is 0.951. The second kappa shape index (κ2) is 52.2. The topological polar surface area (TPSA) is 78.9 Å². The Hall–Kier alpha value is -1.59. The van der Waals surface area contributed by atoms with Gasteiger partial charge in [-0.15, -0.1) is 0 Å². The maximum atomic E-state index is 12.9. The van der Waals surface area contributed by atoms with Crippen LogP contribution in [0.3, 0.4) is 0 Å². The molecule has 0 fully saturated rings. The van der Waals surface area contributed by atoms with E-state index >= 15 is 0 Å². The van der Waals surface area contributed by atoms with Crippen LogP contribution in [-0.2, 0) is 28.6 Å². The molecule has 0 N–H and O–H groups in total. The van der Waals surface area contributed by atoms with Gasteiger partial charge in [0.1, 0.15) is 13.2 Å². The molecule has 6 heteroatoms. The quantitative estimate of drug-likeness (QED) is 0.0343. The minimum Gasteiger partial charge on any atom is -0.462 e. The smallest absolute Gasteiger partial charge is 0.306 e. The van der Waals surface area contributed by atoms with Crippen LogP contribution in [0.5, 0.6) is 0 Å². The Morgan fingerprint density at radius 2 is 0.522 bits per heavy atom. The van der Waals surface area contributed by atoms with Crippen molar-refractivity contribution in [1.82, 2.24) is 0 Å². The largest absolute Gasteiger partial charge is 0.462 e. The van der Waals surface area contributed by atoms with Gasteiger partial charge in [-0.05, 0) is 37.0 Å². The van der Waals surface area contributed by atoms with Crippen molar-refractivity contribution in [2.75, 3.05) is 13.2 Å². The van der Waals surface area contributed by atoms with Crippen LogP contribution < -0.4 is 0 Å². The van der Waals surface area contributed by atoms with E-state index in [4.69, 9.17) is 14.2 Å². The lowest BCUT2D eigenvalue weighted by Gasteiger charge is -2.18. The average Bonchev–Trinajstić information content (AvgIpc) is 3.30. The summed E-state index contributed by atoms with van der Waals surface area (Å²) >= 11 is 0. The molecule has 0 aliphatic rings. The molecule has 0 spiro atoms. The van der Waals surface area contributed by atoms with Gasteiger partial charge in [-0.25, -0.2) is 0 Å². The first-order valence-corrected chi connectivity index (χ1v) is 30.1. The zero-order chi connectivity index (χ0) is 49.1. The van der Waals surface area contributed by atoms with Gasteiger partial charge >= 0.3 is 17.9 Å². The van der Waals surface area contributed by atoms with Gasteiger partial charge in [0, 0.05) is 19.3 Å². The molecule has 0 heterocycles. The highest BCUT2D eigenvalue weighted by Gasteiger charge is 2.19. The first-order chi connectivity index (χ1) is 32.6. The SMILES string of the molecule is CCC(C)CCCCCCCCCCCCC(=O)OC[C@@H](COC(=O)CCCCCCCCCCCCCCCCCCC(C)C)OC(=O)CCCCCCCCCCCCCCCC(C)C. The van der Waals surface area contributed by atoms with E-state index in [1.54, 1.807) is 0 Å². The molecule has 6 nitrogen and oxygen atoms in total. The summed E-state index contributed by atoms with van der Waals surface area (Å²) in [5, 5.41) is 0. The summed E-state index contributed by atoms with van der Waals surface area (Å²) in [5.41, 5.74) is 0. The van der Waals surface area contributed by atoms with Crippen molar-refractivity contribution < 1.29 is 28.6 Å². The Balaban J connectivity index is 4.29. The fourth-order valence-electron chi connectivity index (χ4n) is 9.32. The third-order valence-electron chi connectivity index (χ3n) is 14.3. The molecule has 0 rings (SSSR count). The zero-order valence-corrected chi connectivity index (χ0v) is 46.2. The third-order valence-corrected chi connectivity index (χ3v) is 14.3. The monoisotopic (exact) mass is 947 g/mol. The molecule has 0 aliphatic heterocycles. The molecule has 0 radical (unpaired) electrons. The van der Waals surface area contributed by atoms with Gasteiger partial charge in [0.2, 0.25) is 0 Å². The summed E-state index contributed by atoms with van der Waals surface area (Å²) < 4.78 is 16.9. The molecule has 0 aliphatic carbocycles. The van der Waals surface area contributed by atoms with Gasteiger partial charge in [0.15, 0.2) is 6.10 Å². The third kappa shape index (κ3) is 53.6. The Kier molecular flexibility index (Phi) is 51.0. The molecule has 0 saturated carbocycles. The number of carbonyl (C=O) groups excluding carboxylic acids is 3. The summed E-state index contributed by atoms with van der Waals surface area (Å²) in [4.78, 5) is 38.2. The first kappa shape index (κ1) is 65.4. The van der Waals surface area contributed by atoms with Crippen LogP contribution in [0.2, 0.25) is 0 Å². The molecular formula is C61H118O6. The van der Waals surface area contributed by atoms with E-state index in [1.165, 1.54) is 218 Å². The normalized spacial score (nSPS) is 12.5. The summed E-state index contributed by atoms with van der Waals surface area (Å²) in [7, 11) is 0. The molecular weight excluding hydrogens is 829 g/mol. The molecule has 2 atom stereocenters. The number of hydrogen-bond acceptors (Lipinski definition) is 6. The maximum Gasteiger partial charge on any atom is 0.306 e. The van der Waals surface area contributed by atoms with Gasteiger partial charge in [0.25, 0.3) is 0 Å². The van der Waals surface area contributed by atoms with E-state index in [-0.39, 0.29) is 31.1 Å². The molecule has 0 aromatic heterocycles. The first-order valence-electron chi connectivity index (χ1n) is 30.1. The van der Waals surface area contributed by atoms with Crippen LogP contribution in [0.1, 0.15) is 337 Å². The van der Waals surface area contributed by atoms with E-state index in [0.717, 1.165) is 75.5 Å². The highest BCUT2D eigenvalue weighted by molar-refractivity contribution is 5.71. The predicted octanol–water partition coefficient (Wildman–Crippen LogP) is 19.9. The molecule has 0 aromatic carbocycles. The van der Waals surface area contributed by atoms with E-state index < -0.39 is 6.10 Å². The molecule has 0 saturated heterocycles. The lowest BCUT2D eigenvalue weighted by Crippen LogP contribution is -2.30. The van der Waals surface area contributed by atoms with Crippen LogP contribution in [0.15, 0.2) is 0 Å². The number of rotatable bonds is 54. The second-order valence-electron chi connectivity index (χ2n) is 22.2. The van der Waals surface area contributed by atoms with Crippen molar-refractivity contribution in [1.29, 1.82) is 0 Å². The Morgan fingerprint density at radius 1 is 0.299 bits per heavy atom. The van der Waals surface area contributed by atoms with Crippen molar-refractivity contribution in [3.63, 3.8) is 0 Å². The number of unbranched alkanes of at least 4 members (excludes halogenated alkanes) is 36. The van der Waals surface area contributed by atoms with Gasteiger partial charge in [-0.3, -0.25) is 14.4 Å². The number of ether oxygens (including phenoxy) is 3. The van der Waals surface area contributed by atoms with E-state index in [2.05, 4.69) is 41.5 Å². The molecule has 67 heavy (non-hydrogen) atoms. The molecule has 0 amide bonds. The second-order valence-corrected chi connectivity index (χ2v) is 22.2. The van der Waals surface area contributed by atoms with Gasteiger partial charge in [-0.2, -0.15) is 0 Å². The number of hydrogen-bond donors (Lipinski definition) is 0. The summed E-state index contributed by atoms with van der Waals surface area (Å²) in [5.74, 6) is 1.72. The van der Waals surface area contributed by atoms with E-state index in [9.17, 15) is 14.4 Å². The van der Waals surface area contributed by atoms with Gasteiger partial charge in [0.05, 0.1) is 0 Å². The Labute approximate surface area is 418 Å². The van der Waals surface area contributed by atoms with Crippen LogP contribution in [0, 0.1) is 17.8 Å². The zero-order valence-electron chi connectivity index (χ0n) is 46.2. The van der Waals surface area contributed by atoms with Crippen LogP contribution in [-0.4, -0.2) is 37.2 Å². The Bertz CT molecular complexity index is 1040. The minimum absolute atomic E-state index is 0.0632. The van der Waals surface area contributed by atoms with Crippen molar-refractivity contribution in [2.24, 2.45) is 17.8 Å². The summed E-state index contributed by atoms with van der Waals surface area (Å²) in [6.45, 7) is 13.8. The van der Waals surface area contributed by atoms with Gasteiger partial charge in [-0.1, -0.05) is 298 Å². The van der Waals surface area contributed by atoms with Crippen LogP contribution >= 0.6 is 0 Å². The average molecular weight is 948 g/mol. The van der Waals surface area contributed by atoms with Crippen molar-refractivity contribution >= 4 is 17.9 Å². The highest BCUT2D eigenvalue weighted by atomic mass is 16.6. The Morgan fingerprint density at radius 3 is 0.776 bits per heavy atom. The molecule has 398 valence electrons. The molecule has 0 bridgehead atoms. The molecule has 1 unspecified atom stereocenters. The van der Waals surface area contributed by atoms with Crippen molar-refractivity contribution in [2.45, 2.75) is 343 Å². The summed E-state index contributed by atoms with van der Waals surface area (Å²) in [6.07, 6.45) is 55.2. The predicted molar refractivity (Wildman–Crippen MR) is 289 cm³/mol. The van der Waals surface area contributed by atoms with Crippen molar-refractivity contribution in [3.05, 3.63) is 0 Å². The lowest BCUT2D eigenvalue weighted by molar-refractivity contribution is -0.167. The van der Waals surface area contributed by atoms with E-state index in [1.807, 2.05) is 0 Å². The van der Waals surface area contributed by atoms with E-state index in [0.29, 0.717) is 19.3 Å². The summed E-state index contributed by atoms with van der Waals surface area (Å²) in [6, 6.07) is 0. The van der Waals surface area contributed by atoms with Crippen LogP contribution in [0.25, 0.3) is 0 Å². The standard InChI is InChI=1S/C61H118O6/c1-7-57(6)49-43-37-31-25-21-22-27-33-39-45-51-60(63)66-54-58(67-61(64)52-46-40-34-28-20-16-12-14-18-24-30-36-42-48-56(4)5)53-65-59(62)50-44-38-32-26-19-15-11-9-8-10-13-17-23-29-35-41-47-55(2)3/h55-58H,7-54H2,1-6H3/t57?,58-/m1/s1. The van der Waals surface area contributed by atoms with Gasteiger partial charge < -0.3 is 14.2 Å². The van der Waals surface area contributed by atoms with Crippen LogP contribution in [0.4, 0.5) is 0 Å². The lowest BCUT2D eigenvalue weighted by atomic mass is 9.99. The number of esters is 3. The highest BCUT2D eigenvalue weighted by Crippen LogP contribution is 2.19.